The quantitative estimate of drug-likeness (QED) is 0.678. The first-order valence-corrected chi connectivity index (χ1v) is 9.71. The fourth-order valence-corrected chi connectivity index (χ4v) is 3.70. The van der Waals surface area contributed by atoms with E-state index in [0.29, 0.717) is 10.7 Å². The molecule has 1 aliphatic rings. The molecule has 2 aromatic carbocycles. The SMILES string of the molecule is Cc1ccc(NC(=O)/C=C2\NC(=O)[C@H](CC(=O)Nc3ccccc3C)S2)cc1. The minimum Gasteiger partial charge on any atom is -0.326 e. The Balaban J connectivity index is 1.56. The van der Waals surface area contributed by atoms with Crippen LogP contribution in [0.25, 0.3) is 0 Å². The van der Waals surface area contributed by atoms with E-state index in [2.05, 4.69) is 16.0 Å². The highest BCUT2D eigenvalue weighted by atomic mass is 32.2. The molecule has 3 rings (SSSR count). The molecule has 0 aliphatic carbocycles. The Labute approximate surface area is 167 Å². The second-order valence-electron chi connectivity index (χ2n) is 6.53. The molecule has 0 aromatic heterocycles. The lowest BCUT2D eigenvalue weighted by molar-refractivity contribution is -0.122. The Bertz CT molecular complexity index is 938. The Kier molecular flexibility index (Phi) is 6.16. The van der Waals surface area contributed by atoms with Gasteiger partial charge in [0.1, 0.15) is 0 Å². The average Bonchev–Trinajstić information content (AvgIpc) is 2.97. The van der Waals surface area contributed by atoms with E-state index in [-0.39, 0.29) is 24.1 Å². The second kappa shape index (κ2) is 8.75. The third-order valence-corrected chi connectivity index (χ3v) is 5.32. The van der Waals surface area contributed by atoms with Crippen LogP contribution < -0.4 is 16.0 Å². The number of thioether (sulfide) groups is 1. The summed E-state index contributed by atoms with van der Waals surface area (Å²) in [5.74, 6) is -0.858. The number of carbonyl (C=O) groups is 3. The van der Waals surface area contributed by atoms with Crippen LogP contribution in [0.2, 0.25) is 0 Å². The van der Waals surface area contributed by atoms with E-state index in [0.717, 1.165) is 16.8 Å². The number of carbonyl (C=O) groups excluding carboxylic acids is 3. The van der Waals surface area contributed by atoms with Gasteiger partial charge in [0.05, 0.1) is 10.3 Å². The van der Waals surface area contributed by atoms with Crippen molar-refractivity contribution in [2.75, 3.05) is 10.6 Å². The molecule has 0 bridgehead atoms. The molecule has 0 saturated carbocycles. The molecule has 0 radical (unpaired) electrons. The maximum Gasteiger partial charge on any atom is 0.250 e. The maximum absolute atomic E-state index is 12.3. The summed E-state index contributed by atoms with van der Waals surface area (Å²) in [5.41, 5.74) is 3.45. The number of rotatable bonds is 5. The topological polar surface area (TPSA) is 87.3 Å². The van der Waals surface area contributed by atoms with Crippen molar-refractivity contribution in [2.45, 2.75) is 25.5 Å². The molecule has 1 fully saturated rings. The number of para-hydroxylation sites is 1. The fourth-order valence-electron chi connectivity index (χ4n) is 2.66. The molecule has 0 spiro atoms. The van der Waals surface area contributed by atoms with Crippen molar-refractivity contribution in [3.63, 3.8) is 0 Å². The van der Waals surface area contributed by atoms with Crippen LogP contribution in [0, 0.1) is 13.8 Å². The van der Waals surface area contributed by atoms with Crippen LogP contribution in [0.1, 0.15) is 17.5 Å². The summed E-state index contributed by atoms with van der Waals surface area (Å²) < 4.78 is 0. The van der Waals surface area contributed by atoms with Crippen LogP contribution in [-0.4, -0.2) is 23.0 Å². The zero-order chi connectivity index (χ0) is 20.1. The molecule has 3 amide bonds. The van der Waals surface area contributed by atoms with Crippen molar-refractivity contribution in [1.29, 1.82) is 0 Å². The van der Waals surface area contributed by atoms with Crippen LogP contribution in [0.4, 0.5) is 11.4 Å². The van der Waals surface area contributed by atoms with Crippen molar-refractivity contribution in [3.05, 3.63) is 70.8 Å². The number of hydrogen-bond donors (Lipinski definition) is 3. The maximum atomic E-state index is 12.3. The van der Waals surface area contributed by atoms with Gasteiger partial charge in [-0.15, -0.1) is 0 Å². The summed E-state index contributed by atoms with van der Waals surface area (Å²) in [6, 6.07) is 14.9. The van der Waals surface area contributed by atoms with Gasteiger partial charge >= 0.3 is 0 Å². The van der Waals surface area contributed by atoms with Gasteiger partial charge in [0.15, 0.2) is 0 Å². The number of amides is 3. The van der Waals surface area contributed by atoms with Crippen LogP contribution in [-0.2, 0) is 14.4 Å². The van der Waals surface area contributed by atoms with Crippen molar-refractivity contribution in [1.82, 2.24) is 5.32 Å². The molecule has 3 N–H and O–H groups in total. The summed E-state index contributed by atoms with van der Waals surface area (Å²) in [4.78, 5) is 36.5. The molecular weight excluding hydrogens is 374 g/mol. The normalized spacial score (nSPS) is 17.3. The highest BCUT2D eigenvalue weighted by Crippen LogP contribution is 2.29. The van der Waals surface area contributed by atoms with Crippen LogP contribution >= 0.6 is 11.8 Å². The average molecular weight is 395 g/mol. The highest BCUT2D eigenvalue weighted by Gasteiger charge is 2.31. The predicted octanol–water partition coefficient (Wildman–Crippen LogP) is 3.34. The van der Waals surface area contributed by atoms with Gasteiger partial charge in [-0.1, -0.05) is 47.7 Å². The molecule has 1 saturated heterocycles. The monoisotopic (exact) mass is 395 g/mol. The molecule has 1 atom stereocenters. The number of benzene rings is 2. The van der Waals surface area contributed by atoms with E-state index in [9.17, 15) is 14.4 Å². The van der Waals surface area contributed by atoms with Gasteiger partial charge in [-0.25, -0.2) is 0 Å². The van der Waals surface area contributed by atoms with Crippen LogP contribution in [0.5, 0.6) is 0 Å². The first-order chi connectivity index (χ1) is 13.4. The zero-order valence-corrected chi connectivity index (χ0v) is 16.4. The molecular formula is C21H21N3O3S. The third kappa shape index (κ3) is 5.23. The number of aryl methyl sites for hydroxylation is 2. The van der Waals surface area contributed by atoms with E-state index < -0.39 is 5.25 Å². The Morgan fingerprint density at radius 3 is 2.50 bits per heavy atom. The van der Waals surface area contributed by atoms with E-state index in [1.165, 1.54) is 17.8 Å². The van der Waals surface area contributed by atoms with E-state index in [4.69, 9.17) is 0 Å². The van der Waals surface area contributed by atoms with Crippen LogP contribution in [0.15, 0.2) is 59.6 Å². The largest absolute Gasteiger partial charge is 0.326 e. The fraction of sp³-hybridized carbons (Fsp3) is 0.190. The molecule has 2 aromatic rings. The van der Waals surface area contributed by atoms with E-state index >= 15 is 0 Å². The molecule has 6 nitrogen and oxygen atoms in total. The lowest BCUT2D eigenvalue weighted by atomic mass is 10.2. The van der Waals surface area contributed by atoms with E-state index in [1.54, 1.807) is 0 Å². The zero-order valence-electron chi connectivity index (χ0n) is 15.6. The Morgan fingerprint density at radius 1 is 1.07 bits per heavy atom. The van der Waals surface area contributed by atoms with Crippen LogP contribution in [0.3, 0.4) is 0 Å². The molecule has 1 aliphatic heterocycles. The lowest BCUT2D eigenvalue weighted by Gasteiger charge is -2.09. The third-order valence-electron chi connectivity index (χ3n) is 4.18. The second-order valence-corrected chi connectivity index (χ2v) is 7.77. The molecule has 0 unspecified atom stereocenters. The Morgan fingerprint density at radius 2 is 1.79 bits per heavy atom. The lowest BCUT2D eigenvalue weighted by Crippen LogP contribution is -2.27. The molecule has 7 heteroatoms. The minimum absolute atomic E-state index is 0.0295. The summed E-state index contributed by atoms with van der Waals surface area (Å²) in [6.45, 7) is 3.87. The number of nitrogens with one attached hydrogen (secondary N) is 3. The van der Waals surface area contributed by atoms with Gasteiger partial charge in [-0.3, -0.25) is 14.4 Å². The van der Waals surface area contributed by atoms with Crippen molar-refractivity contribution in [2.24, 2.45) is 0 Å². The smallest absolute Gasteiger partial charge is 0.250 e. The number of anilines is 2. The standard InChI is InChI=1S/C21H21N3O3S/c1-13-7-9-15(10-8-13)22-19(26)12-20-24-21(27)17(28-20)11-18(25)23-16-6-4-3-5-14(16)2/h3-10,12,17H,11H2,1-2H3,(H,22,26)(H,23,25)(H,24,27)/b20-12+/t17-/m0/s1. The molecule has 1 heterocycles. The van der Waals surface area contributed by atoms with Gasteiger partial charge in [0.2, 0.25) is 11.8 Å². The number of hydrogen-bond acceptors (Lipinski definition) is 4. The highest BCUT2D eigenvalue weighted by molar-refractivity contribution is 8.04. The van der Waals surface area contributed by atoms with Gasteiger partial charge in [0, 0.05) is 23.9 Å². The van der Waals surface area contributed by atoms with Crippen molar-refractivity contribution >= 4 is 40.9 Å². The molecule has 144 valence electrons. The first-order valence-electron chi connectivity index (χ1n) is 8.83. The summed E-state index contributed by atoms with van der Waals surface area (Å²) >= 11 is 1.18. The minimum atomic E-state index is -0.567. The summed E-state index contributed by atoms with van der Waals surface area (Å²) in [5, 5.41) is 8.09. The first kappa shape index (κ1) is 19.7. The molecule has 28 heavy (non-hydrogen) atoms. The van der Waals surface area contributed by atoms with Crippen molar-refractivity contribution in [3.8, 4) is 0 Å². The van der Waals surface area contributed by atoms with E-state index in [1.807, 2.05) is 62.4 Å². The van der Waals surface area contributed by atoms with Gasteiger partial charge in [-0.05, 0) is 37.6 Å². The summed E-state index contributed by atoms with van der Waals surface area (Å²) in [6.07, 6.45) is 1.36. The Hall–Kier alpha value is -3.06. The predicted molar refractivity (Wildman–Crippen MR) is 112 cm³/mol. The van der Waals surface area contributed by atoms with Gasteiger partial charge in [0.25, 0.3) is 5.91 Å². The van der Waals surface area contributed by atoms with Crippen molar-refractivity contribution < 1.29 is 14.4 Å². The van der Waals surface area contributed by atoms with Gasteiger partial charge in [-0.2, -0.15) is 0 Å². The summed E-state index contributed by atoms with van der Waals surface area (Å²) in [7, 11) is 0. The van der Waals surface area contributed by atoms with Gasteiger partial charge < -0.3 is 16.0 Å².